The van der Waals surface area contributed by atoms with Gasteiger partial charge in [0, 0.05) is 25.2 Å². The minimum atomic E-state index is -1.22. The standard InChI is InChI=1S/C18H21ClN8O4/c19-11-3-12(21-6-20-11)26-2-1-9(4-26)25-16-13-17(23-7-22-16)27(8-24-13)18-15(30)14(29)10(5-28)31-18/h3,6-10,14-15,18,28-30H,1-2,4-5H2,(H,22,23,25)/t9?,10-,14+,15+,18-/m1/s1. The zero-order valence-corrected chi connectivity index (χ0v) is 17.0. The van der Waals surface area contributed by atoms with Crippen LogP contribution in [0.3, 0.4) is 0 Å². The van der Waals surface area contributed by atoms with Crippen LogP contribution in [0.25, 0.3) is 11.2 Å². The number of fused-ring (bicyclic) bond motifs is 1. The summed E-state index contributed by atoms with van der Waals surface area (Å²) in [4.78, 5) is 23.3. The Morgan fingerprint density at radius 3 is 2.74 bits per heavy atom. The molecule has 2 aliphatic heterocycles. The normalized spacial score (nSPS) is 28.5. The van der Waals surface area contributed by atoms with Crippen molar-refractivity contribution in [1.29, 1.82) is 0 Å². The SMILES string of the molecule is OC[C@H]1O[C@@H](n2cnc3c(NC4CCN(c5cc(Cl)ncn5)C4)ncnc32)[C@@H](O)[C@H]1O. The second-order valence-corrected chi connectivity index (χ2v) is 7.94. The molecule has 4 N–H and O–H groups in total. The summed E-state index contributed by atoms with van der Waals surface area (Å²) in [5, 5.41) is 33.5. The lowest BCUT2D eigenvalue weighted by Gasteiger charge is -2.18. The molecule has 2 aliphatic rings. The number of halogens is 1. The Bertz CT molecular complexity index is 1080. The van der Waals surface area contributed by atoms with E-state index in [9.17, 15) is 15.3 Å². The second-order valence-electron chi connectivity index (χ2n) is 7.55. The molecule has 3 aromatic rings. The first-order chi connectivity index (χ1) is 15.0. The highest BCUT2D eigenvalue weighted by molar-refractivity contribution is 6.29. The van der Waals surface area contributed by atoms with E-state index in [2.05, 4.69) is 35.1 Å². The van der Waals surface area contributed by atoms with E-state index < -0.39 is 31.1 Å². The zero-order valence-electron chi connectivity index (χ0n) is 16.3. The van der Waals surface area contributed by atoms with Crippen molar-refractivity contribution in [2.45, 2.75) is 37.0 Å². The van der Waals surface area contributed by atoms with Gasteiger partial charge in [-0.15, -0.1) is 0 Å². The van der Waals surface area contributed by atoms with Gasteiger partial charge < -0.3 is 30.3 Å². The van der Waals surface area contributed by atoms with Crippen molar-refractivity contribution in [1.82, 2.24) is 29.5 Å². The minimum Gasteiger partial charge on any atom is -0.394 e. The van der Waals surface area contributed by atoms with Gasteiger partial charge in [0.25, 0.3) is 0 Å². The number of hydrogen-bond acceptors (Lipinski definition) is 11. The van der Waals surface area contributed by atoms with Crippen LogP contribution in [0, 0.1) is 0 Å². The summed E-state index contributed by atoms with van der Waals surface area (Å²) < 4.78 is 7.13. The summed E-state index contributed by atoms with van der Waals surface area (Å²) in [6.45, 7) is 1.10. The monoisotopic (exact) mass is 448 g/mol. The van der Waals surface area contributed by atoms with E-state index in [1.807, 2.05) is 0 Å². The molecule has 0 radical (unpaired) electrons. The van der Waals surface area contributed by atoms with Gasteiger partial charge in [0.2, 0.25) is 0 Å². The summed E-state index contributed by atoms with van der Waals surface area (Å²) in [6, 6.07) is 1.83. The third-order valence-corrected chi connectivity index (χ3v) is 5.83. The highest BCUT2D eigenvalue weighted by atomic mass is 35.5. The molecule has 0 bridgehead atoms. The van der Waals surface area contributed by atoms with E-state index in [0.717, 1.165) is 18.8 Å². The van der Waals surface area contributed by atoms with Gasteiger partial charge in [-0.25, -0.2) is 24.9 Å². The molecule has 0 aliphatic carbocycles. The predicted molar refractivity (Wildman–Crippen MR) is 110 cm³/mol. The molecule has 31 heavy (non-hydrogen) atoms. The molecular formula is C18H21ClN8O4. The molecule has 3 aromatic heterocycles. The number of aliphatic hydroxyl groups excluding tert-OH is 3. The van der Waals surface area contributed by atoms with Crippen LogP contribution in [0.15, 0.2) is 25.0 Å². The van der Waals surface area contributed by atoms with Crippen molar-refractivity contribution in [2.24, 2.45) is 0 Å². The van der Waals surface area contributed by atoms with Gasteiger partial charge in [-0.3, -0.25) is 4.57 Å². The third kappa shape index (κ3) is 3.66. The highest BCUT2D eigenvalue weighted by Crippen LogP contribution is 2.32. The van der Waals surface area contributed by atoms with E-state index in [0.29, 0.717) is 28.7 Å². The van der Waals surface area contributed by atoms with Crippen LogP contribution in [-0.4, -0.2) is 88.9 Å². The molecule has 5 rings (SSSR count). The molecule has 0 amide bonds. The molecule has 13 heteroatoms. The van der Waals surface area contributed by atoms with Crippen LogP contribution < -0.4 is 10.2 Å². The lowest BCUT2D eigenvalue weighted by molar-refractivity contribution is -0.0511. The number of nitrogens with zero attached hydrogens (tertiary/aromatic N) is 7. The molecule has 5 atom stereocenters. The van der Waals surface area contributed by atoms with Crippen LogP contribution in [0.5, 0.6) is 0 Å². The first-order valence-electron chi connectivity index (χ1n) is 9.84. The molecule has 12 nitrogen and oxygen atoms in total. The molecule has 5 heterocycles. The van der Waals surface area contributed by atoms with Gasteiger partial charge in [0.15, 0.2) is 23.2 Å². The Kier molecular flexibility index (Phi) is 5.32. The van der Waals surface area contributed by atoms with Crippen LogP contribution in [-0.2, 0) is 4.74 Å². The van der Waals surface area contributed by atoms with Gasteiger partial charge in [0.1, 0.15) is 41.9 Å². The van der Waals surface area contributed by atoms with Gasteiger partial charge in [-0.2, -0.15) is 0 Å². The lowest BCUT2D eigenvalue weighted by Crippen LogP contribution is -2.33. The maximum absolute atomic E-state index is 10.3. The number of imidazole rings is 1. The van der Waals surface area contributed by atoms with E-state index in [1.165, 1.54) is 23.5 Å². The molecule has 2 saturated heterocycles. The fourth-order valence-electron chi connectivity index (χ4n) is 4.03. The van der Waals surface area contributed by atoms with Crippen molar-refractivity contribution in [2.75, 3.05) is 29.9 Å². The average molecular weight is 449 g/mol. The fourth-order valence-corrected chi connectivity index (χ4v) is 4.17. The second kappa shape index (κ2) is 8.13. The number of aliphatic hydroxyl groups is 3. The first kappa shape index (κ1) is 20.3. The van der Waals surface area contributed by atoms with Crippen molar-refractivity contribution in [3.63, 3.8) is 0 Å². The number of rotatable bonds is 5. The van der Waals surface area contributed by atoms with Crippen molar-refractivity contribution >= 4 is 34.4 Å². The van der Waals surface area contributed by atoms with Gasteiger partial charge in [-0.05, 0) is 6.42 Å². The number of anilines is 2. The van der Waals surface area contributed by atoms with Gasteiger partial charge in [-0.1, -0.05) is 11.6 Å². The van der Waals surface area contributed by atoms with Crippen LogP contribution in [0.4, 0.5) is 11.6 Å². The number of aromatic nitrogens is 6. The molecule has 2 fully saturated rings. The van der Waals surface area contributed by atoms with Crippen molar-refractivity contribution in [3.05, 3.63) is 30.2 Å². The first-order valence-corrected chi connectivity index (χ1v) is 10.2. The summed E-state index contributed by atoms with van der Waals surface area (Å²) in [5.74, 6) is 1.33. The van der Waals surface area contributed by atoms with E-state index >= 15 is 0 Å². The third-order valence-electron chi connectivity index (χ3n) is 5.62. The summed E-state index contributed by atoms with van der Waals surface area (Å²) in [5.41, 5.74) is 0.966. The maximum Gasteiger partial charge on any atom is 0.167 e. The molecule has 0 aromatic carbocycles. The molecule has 0 saturated carbocycles. The maximum atomic E-state index is 10.3. The highest BCUT2D eigenvalue weighted by Gasteiger charge is 2.44. The molecular weight excluding hydrogens is 428 g/mol. The average Bonchev–Trinajstić information content (AvgIpc) is 3.47. The van der Waals surface area contributed by atoms with E-state index in [-0.39, 0.29) is 6.04 Å². The number of hydrogen-bond donors (Lipinski definition) is 4. The number of ether oxygens (including phenoxy) is 1. The fraction of sp³-hybridized carbons (Fsp3) is 0.500. The quantitative estimate of drug-likeness (QED) is 0.376. The number of nitrogens with one attached hydrogen (secondary N) is 1. The molecule has 0 spiro atoms. The zero-order chi connectivity index (χ0) is 21.5. The predicted octanol–water partition coefficient (Wildman–Crippen LogP) is -0.428. The van der Waals surface area contributed by atoms with Gasteiger partial charge in [0.05, 0.1) is 12.9 Å². The van der Waals surface area contributed by atoms with E-state index in [4.69, 9.17) is 16.3 Å². The Morgan fingerprint density at radius 1 is 1.13 bits per heavy atom. The van der Waals surface area contributed by atoms with Crippen molar-refractivity contribution in [3.8, 4) is 0 Å². The Labute approximate surface area is 181 Å². The van der Waals surface area contributed by atoms with Crippen molar-refractivity contribution < 1.29 is 20.1 Å². The lowest BCUT2D eigenvalue weighted by atomic mass is 10.1. The summed E-state index contributed by atoms with van der Waals surface area (Å²) >= 11 is 5.97. The van der Waals surface area contributed by atoms with Crippen LogP contribution in [0.1, 0.15) is 12.6 Å². The smallest absolute Gasteiger partial charge is 0.167 e. The Hall–Kier alpha value is -2.64. The molecule has 1 unspecified atom stereocenters. The summed E-state index contributed by atoms with van der Waals surface area (Å²) in [6.07, 6.45) is 0.978. The summed E-state index contributed by atoms with van der Waals surface area (Å²) in [7, 11) is 0. The van der Waals surface area contributed by atoms with Crippen LogP contribution in [0.2, 0.25) is 5.15 Å². The van der Waals surface area contributed by atoms with Gasteiger partial charge >= 0.3 is 0 Å². The Balaban J connectivity index is 1.35. The minimum absolute atomic E-state index is 0.103. The molecule has 164 valence electrons. The Morgan fingerprint density at radius 2 is 1.97 bits per heavy atom. The van der Waals surface area contributed by atoms with E-state index in [1.54, 1.807) is 6.07 Å². The largest absolute Gasteiger partial charge is 0.394 e. The van der Waals surface area contributed by atoms with Crippen LogP contribution >= 0.6 is 11.6 Å². The topological polar surface area (TPSA) is 155 Å².